The largest absolute Gasteiger partial charge is 0.397 e. The maximum absolute atomic E-state index is 13.4. The molecule has 0 aliphatic carbocycles. The Morgan fingerprint density at radius 1 is 0.941 bits per heavy atom. The molecule has 2 aromatic carbocycles. The smallest absolute Gasteiger partial charge is 0.148 e. The normalized spacial score (nSPS) is 10.2. The Balaban J connectivity index is 2.16. The van der Waals surface area contributed by atoms with E-state index < -0.39 is 5.82 Å². The monoisotopic (exact) mass is 234 g/mol. The van der Waals surface area contributed by atoms with E-state index in [0.717, 1.165) is 0 Å². The molecule has 0 heterocycles. The van der Waals surface area contributed by atoms with Crippen LogP contribution in [0, 0.1) is 11.6 Å². The number of benzene rings is 2. The fourth-order valence-electron chi connectivity index (χ4n) is 1.55. The lowest BCUT2D eigenvalue weighted by atomic mass is 10.2. The molecule has 0 fully saturated rings. The summed E-state index contributed by atoms with van der Waals surface area (Å²) in [5.41, 5.74) is 6.61. The van der Waals surface area contributed by atoms with Crippen LogP contribution in [0.1, 0.15) is 5.56 Å². The topological polar surface area (TPSA) is 38.0 Å². The van der Waals surface area contributed by atoms with E-state index in [1.807, 2.05) is 0 Å². The highest BCUT2D eigenvalue weighted by Gasteiger charge is 2.06. The maximum Gasteiger partial charge on any atom is 0.148 e. The van der Waals surface area contributed by atoms with Crippen molar-refractivity contribution in [3.05, 3.63) is 59.7 Å². The lowest BCUT2D eigenvalue weighted by Gasteiger charge is -2.10. The van der Waals surface area contributed by atoms with Gasteiger partial charge in [0.1, 0.15) is 11.6 Å². The van der Waals surface area contributed by atoms with Crippen molar-refractivity contribution in [1.82, 2.24) is 0 Å². The van der Waals surface area contributed by atoms with E-state index in [4.69, 9.17) is 5.73 Å². The number of halogens is 2. The molecule has 0 saturated heterocycles. The van der Waals surface area contributed by atoms with Gasteiger partial charge in [-0.25, -0.2) is 8.78 Å². The first kappa shape index (κ1) is 11.4. The summed E-state index contributed by atoms with van der Waals surface area (Å²) in [6.45, 7) is 0.192. The van der Waals surface area contributed by atoms with Gasteiger partial charge in [-0.05, 0) is 18.2 Å². The molecular weight excluding hydrogens is 222 g/mol. The summed E-state index contributed by atoms with van der Waals surface area (Å²) < 4.78 is 26.7. The molecule has 0 aliphatic rings. The molecule has 0 bridgehead atoms. The van der Waals surface area contributed by atoms with Gasteiger partial charge in [-0.1, -0.05) is 24.3 Å². The molecular formula is C13H12F2N2. The van der Waals surface area contributed by atoms with Crippen molar-refractivity contribution >= 4 is 11.4 Å². The minimum atomic E-state index is -0.443. The Hall–Kier alpha value is -2.10. The summed E-state index contributed by atoms with van der Waals surface area (Å²) in [6, 6.07) is 10.8. The highest BCUT2D eigenvalue weighted by molar-refractivity contribution is 5.66. The van der Waals surface area contributed by atoms with Crippen LogP contribution in [0.15, 0.2) is 42.5 Å². The van der Waals surface area contributed by atoms with Gasteiger partial charge in [0.15, 0.2) is 0 Å². The Morgan fingerprint density at radius 3 is 2.35 bits per heavy atom. The van der Waals surface area contributed by atoms with Crippen LogP contribution in [-0.4, -0.2) is 0 Å². The molecule has 3 N–H and O–H groups in total. The van der Waals surface area contributed by atoms with Crippen molar-refractivity contribution in [2.24, 2.45) is 0 Å². The maximum atomic E-state index is 13.4. The zero-order valence-electron chi connectivity index (χ0n) is 9.08. The predicted molar refractivity (Wildman–Crippen MR) is 64.5 cm³/mol. The summed E-state index contributed by atoms with van der Waals surface area (Å²) in [5.74, 6) is -0.767. The van der Waals surface area contributed by atoms with E-state index in [1.165, 1.54) is 18.2 Å². The Morgan fingerprint density at radius 2 is 1.65 bits per heavy atom. The van der Waals surface area contributed by atoms with Gasteiger partial charge < -0.3 is 11.1 Å². The van der Waals surface area contributed by atoms with Gasteiger partial charge in [0.05, 0.1) is 11.4 Å². The molecule has 0 radical (unpaired) electrons. The van der Waals surface area contributed by atoms with E-state index in [9.17, 15) is 8.78 Å². The molecule has 0 spiro atoms. The standard InChI is InChI=1S/C13H12F2N2/c14-10-5-2-1-4-9(10)8-17-13-11(15)6-3-7-12(13)16/h1-7,17H,8,16H2. The number of anilines is 2. The quantitative estimate of drug-likeness (QED) is 0.800. The highest BCUT2D eigenvalue weighted by Crippen LogP contribution is 2.22. The van der Waals surface area contributed by atoms with Gasteiger partial charge in [0, 0.05) is 12.1 Å². The van der Waals surface area contributed by atoms with Crippen LogP contribution in [0.3, 0.4) is 0 Å². The molecule has 17 heavy (non-hydrogen) atoms. The van der Waals surface area contributed by atoms with E-state index in [1.54, 1.807) is 24.3 Å². The molecule has 0 atom stereocenters. The zero-order valence-corrected chi connectivity index (χ0v) is 9.08. The van der Waals surface area contributed by atoms with Crippen LogP contribution in [0.25, 0.3) is 0 Å². The van der Waals surface area contributed by atoms with Crippen molar-refractivity contribution in [2.45, 2.75) is 6.54 Å². The Bertz CT molecular complexity index is 506. The molecule has 2 aromatic rings. The predicted octanol–water partition coefficient (Wildman–Crippen LogP) is 3.16. The van der Waals surface area contributed by atoms with Crippen LogP contribution in [0.2, 0.25) is 0 Å². The lowest BCUT2D eigenvalue weighted by Crippen LogP contribution is -2.05. The molecule has 2 rings (SSSR count). The molecule has 0 aliphatic heterocycles. The van der Waals surface area contributed by atoms with Gasteiger partial charge in [-0.3, -0.25) is 0 Å². The third-order valence-corrected chi connectivity index (χ3v) is 2.46. The molecule has 0 amide bonds. The van der Waals surface area contributed by atoms with Gasteiger partial charge in [0.2, 0.25) is 0 Å². The zero-order chi connectivity index (χ0) is 12.3. The van der Waals surface area contributed by atoms with Gasteiger partial charge in [-0.15, -0.1) is 0 Å². The second-order valence-electron chi connectivity index (χ2n) is 3.65. The van der Waals surface area contributed by atoms with Crippen LogP contribution >= 0.6 is 0 Å². The number of rotatable bonds is 3. The fourth-order valence-corrected chi connectivity index (χ4v) is 1.55. The SMILES string of the molecule is Nc1cccc(F)c1NCc1ccccc1F. The molecule has 0 saturated carbocycles. The number of hydrogen-bond acceptors (Lipinski definition) is 2. The van der Waals surface area contributed by atoms with E-state index in [2.05, 4.69) is 5.32 Å². The number of hydrogen-bond donors (Lipinski definition) is 2. The van der Waals surface area contributed by atoms with Crippen LogP contribution in [-0.2, 0) is 6.54 Å². The van der Waals surface area contributed by atoms with Crippen molar-refractivity contribution in [2.75, 3.05) is 11.1 Å². The van der Waals surface area contributed by atoms with Gasteiger partial charge in [-0.2, -0.15) is 0 Å². The fraction of sp³-hybridized carbons (Fsp3) is 0.0769. The second-order valence-corrected chi connectivity index (χ2v) is 3.65. The lowest BCUT2D eigenvalue weighted by molar-refractivity contribution is 0.610. The van der Waals surface area contributed by atoms with Gasteiger partial charge >= 0.3 is 0 Å². The first-order chi connectivity index (χ1) is 8.18. The number of nitrogens with one attached hydrogen (secondary N) is 1. The molecule has 88 valence electrons. The first-order valence-corrected chi connectivity index (χ1v) is 5.20. The number of nitrogen functional groups attached to an aromatic ring is 1. The average Bonchev–Trinajstić information content (AvgIpc) is 2.30. The van der Waals surface area contributed by atoms with E-state index in [-0.39, 0.29) is 18.0 Å². The average molecular weight is 234 g/mol. The van der Waals surface area contributed by atoms with Crippen molar-refractivity contribution in [3.63, 3.8) is 0 Å². The summed E-state index contributed by atoms with van der Waals surface area (Å²) in [4.78, 5) is 0. The minimum absolute atomic E-state index is 0.192. The van der Waals surface area contributed by atoms with Gasteiger partial charge in [0.25, 0.3) is 0 Å². The molecule has 4 heteroatoms. The van der Waals surface area contributed by atoms with Crippen LogP contribution in [0.4, 0.5) is 20.2 Å². The molecule has 0 unspecified atom stereocenters. The minimum Gasteiger partial charge on any atom is -0.397 e. The molecule has 0 aromatic heterocycles. The first-order valence-electron chi connectivity index (χ1n) is 5.20. The Labute approximate surface area is 98.1 Å². The van der Waals surface area contributed by atoms with Crippen molar-refractivity contribution in [3.8, 4) is 0 Å². The highest BCUT2D eigenvalue weighted by atomic mass is 19.1. The Kier molecular flexibility index (Phi) is 3.23. The summed E-state index contributed by atoms with van der Waals surface area (Å²) in [6.07, 6.45) is 0. The molecule has 2 nitrogen and oxygen atoms in total. The van der Waals surface area contributed by atoms with Crippen molar-refractivity contribution in [1.29, 1.82) is 0 Å². The third kappa shape index (κ3) is 2.53. The van der Waals surface area contributed by atoms with Crippen LogP contribution in [0.5, 0.6) is 0 Å². The summed E-state index contributed by atoms with van der Waals surface area (Å²) >= 11 is 0. The number of para-hydroxylation sites is 1. The summed E-state index contributed by atoms with van der Waals surface area (Å²) in [5, 5.41) is 2.80. The third-order valence-electron chi connectivity index (χ3n) is 2.46. The van der Waals surface area contributed by atoms with Crippen molar-refractivity contribution < 1.29 is 8.78 Å². The van der Waals surface area contributed by atoms with E-state index >= 15 is 0 Å². The summed E-state index contributed by atoms with van der Waals surface area (Å²) in [7, 11) is 0. The van der Waals surface area contributed by atoms with Crippen LogP contribution < -0.4 is 11.1 Å². The number of nitrogens with two attached hydrogens (primary N) is 1. The van der Waals surface area contributed by atoms with E-state index in [0.29, 0.717) is 11.3 Å². The second kappa shape index (κ2) is 4.82.